The first-order valence-electron chi connectivity index (χ1n) is 3.24. The van der Waals surface area contributed by atoms with Gasteiger partial charge in [-0.2, -0.15) is 0 Å². The minimum absolute atomic E-state index is 0.158. The molecule has 0 aromatic rings. The number of carbonyl (C=O) groups is 1. The summed E-state index contributed by atoms with van der Waals surface area (Å²) in [6.07, 6.45) is 4.31. The highest BCUT2D eigenvalue weighted by atomic mass is 32.2. The molecule has 0 saturated carbocycles. The molecular weight excluding hydrogens is 148 g/mol. The van der Waals surface area contributed by atoms with E-state index in [1.54, 1.807) is 6.92 Å². The molecule has 0 radical (unpaired) electrons. The Balaban J connectivity index is 3.11. The lowest BCUT2D eigenvalue weighted by atomic mass is 10.5. The molecule has 0 heterocycles. The van der Waals surface area contributed by atoms with E-state index >= 15 is 0 Å². The van der Waals surface area contributed by atoms with E-state index in [2.05, 4.69) is 0 Å². The highest BCUT2D eigenvalue weighted by Crippen LogP contribution is 2.03. The van der Waals surface area contributed by atoms with Gasteiger partial charge < -0.3 is 4.18 Å². The molecule has 0 atom stereocenters. The fraction of sp³-hybridized carbons (Fsp3) is 0.571. The van der Waals surface area contributed by atoms with Gasteiger partial charge >= 0.3 is 5.97 Å². The molecular formula is C7H12O2S. The minimum atomic E-state index is -0.158. The summed E-state index contributed by atoms with van der Waals surface area (Å²) in [5, 5.41) is 0. The van der Waals surface area contributed by atoms with E-state index in [1.807, 2.05) is 19.1 Å². The van der Waals surface area contributed by atoms with Gasteiger partial charge in [0.05, 0.1) is 12.0 Å². The third kappa shape index (κ3) is 5.69. The summed E-state index contributed by atoms with van der Waals surface area (Å²) in [7, 11) is 0. The van der Waals surface area contributed by atoms with E-state index in [4.69, 9.17) is 4.18 Å². The zero-order valence-corrected chi connectivity index (χ0v) is 7.11. The Labute approximate surface area is 65.8 Å². The average molecular weight is 160 g/mol. The first-order valence-corrected chi connectivity index (χ1v) is 4.15. The summed E-state index contributed by atoms with van der Waals surface area (Å²) in [6, 6.07) is 0. The zero-order valence-electron chi connectivity index (χ0n) is 6.29. The summed E-state index contributed by atoms with van der Waals surface area (Å²) >= 11 is 1.17. The van der Waals surface area contributed by atoms with Crippen LogP contribution in [0.5, 0.6) is 0 Å². The van der Waals surface area contributed by atoms with Crippen LogP contribution in [0.1, 0.15) is 20.3 Å². The first kappa shape index (κ1) is 9.56. The number of carbonyl (C=O) groups excluding carboxylic acids is 1. The van der Waals surface area contributed by atoms with Gasteiger partial charge in [-0.05, 0) is 6.92 Å². The van der Waals surface area contributed by atoms with E-state index in [0.29, 0.717) is 6.42 Å². The van der Waals surface area contributed by atoms with Crippen molar-refractivity contribution >= 4 is 18.0 Å². The van der Waals surface area contributed by atoms with Gasteiger partial charge in [0, 0.05) is 12.2 Å². The molecule has 0 spiro atoms. The van der Waals surface area contributed by atoms with Gasteiger partial charge in [0.2, 0.25) is 0 Å². The smallest absolute Gasteiger partial charge is 0.317 e. The standard InChI is InChI=1S/C7H12O2S/c1-3-5-6-10-9-7(8)4-2/h3,5H,4,6H2,1-2H3. The summed E-state index contributed by atoms with van der Waals surface area (Å²) in [4.78, 5) is 10.5. The van der Waals surface area contributed by atoms with Gasteiger partial charge in [0.1, 0.15) is 0 Å². The molecule has 0 fully saturated rings. The fourth-order valence-electron chi connectivity index (χ4n) is 0.294. The van der Waals surface area contributed by atoms with Crippen LogP contribution in [0, 0.1) is 0 Å². The van der Waals surface area contributed by atoms with E-state index < -0.39 is 0 Å². The van der Waals surface area contributed by atoms with E-state index in [1.165, 1.54) is 12.0 Å². The van der Waals surface area contributed by atoms with Crippen molar-refractivity contribution in [3.63, 3.8) is 0 Å². The second-order valence-corrected chi connectivity index (χ2v) is 2.40. The normalized spacial score (nSPS) is 10.2. The predicted octanol–water partition coefficient (Wildman–Crippen LogP) is 2.16. The highest BCUT2D eigenvalue weighted by molar-refractivity contribution is 7.95. The first-order chi connectivity index (χ1) is 4.81. The van der Waals surface area contributed by atoms with Crippen LogP contribution in [0.15, 0.2) is 12.2 Å². The van der Waals surface area contributed by atoms with Gasteiger partial charge in [0.15, 0.2) is 0 Å². The molecule has 0 aliphatic carbocycles. The van der Waals surface area contributed by atoms with Gasteiger partial charge in [-0.3, -0.25) is 4.79 Å². The van der Waals surface area contributed by atoms with Crippen LogP contribution in [0.2, 0.25) is 0 Å². The Morgan fingerprint density at radius 1 is 1.70 bits per heavy atom. The Morgan fingerprint density at radius 3 is 2.90 bits per heavy atom. The third-order valence-corrected chi connectivity index (χ3v) is 1.47. The van der Waals surface area contributed by atoms with Crippen molar-refractivity contribution in [1.29, 1.82) is 0 Å². The molecule has 0 aromatic carbocycles. The molecule has 0 saturated heterocycles. The lowest BCUT2D eigenvalue weighted by Gasteiger charge is -1.95. The van der Waals surface area contributed by atoms with E-state index in [9.17, 15) is 4.79 Å². The number of allylic oxidation sites excluding steroid dienone is 1. The van der Waals surface area contributed by atoms with E-state index in [-0.39, 0.29) is 5.97 Å². The van der Waals surface area contributed by atoms with Crippen molar-refractivity contribution in [3.8, 4) is 0 Å². The van der Waals surface area contributed by atoms with Gasteiger partial charge in [-0.1, -0.05) is 19.1 Å². The molecule has 0 unspecified atom stereocenters. The average Bonchev–Trinajstić information content (AvgIpc) is 1.98. The van der Waals surface area contributed by atoms with Crippen molar-refractivity contribution < 1.29 is 8.98 Å². The van der Waals surface area contributed by atoms with Crippen molar-refractivity contribution in [2.24, 2.45) is 0 Å². The van der Waals surface area contributed by atoms with E-state index in [0.717, 1.165) is 5.75 Å². The van der Waals surface area contributed by atoms with Crippen LogP contribution >= 0.6 is 12.0 Å². The molecule has 0 N–H and O–H groups in total. The van der Waals surface area contributed by atoms with Gasteiger partial charge in [-0.25, -0.2) is 0 Å². The lowest BCUT2D eigenvalue weighted by Crippen LogP contribution is -1.94. The third-order valence-electron chi connectivity index (χ3n) is 0.841. The van der Waals surface area contributed by atoms with Gasteiger partial charge in [0.25, 0.3) is 0 Å². The minimum Gasteiger partial charge on any atom is -0.391 e. The van der Waals surface area contributed by atoms with Crippen LogP contribution in [0.25, 0.3) is 0 Å². The van der Waals surface area contributed by atoms with Crippen LogP contribution in [0.3, 0.4) is 0 Å². The van der Waals surface area contributed by atoms with Crippen LogP contribution < -0.4 is 0 Å². The largest absolute Gasteiger partial charge is 0.391 e. The molecule has 2 nitrogen and oxygen atoms in total. The molecule has 0 aliphatic rings. The lowest BCUT2D eigenvalue weighted by molar-refractivity contribution is -0.132. The molecule has 0 aliphatic heterocycles. The highest BCUT2D eigenvalue weighted by Gasteiger charge is 1.95. The Bertz CT molecular complexity index is 121. The molecule has 0 rings (SSSR count). The molecule has 0 bridgehead atoms. The summed E-state index contributed by atoms with van der Waals surface area (Å²) in [5.41, 5.74) is 0. The second-order valence-electron chi connectivity index (χ2n) is 1.66. The Morgan fingerprint density at radius 2 is 2.40 bits per heavy atom. The number of hydrogen-bond donors (Lipinski definition) is 0. The van der Waals surface area contributed by atoms with Crippen molar-refractivity contribution in [1.82, 2.24) is 0 Å². The Kier molecular flexibility index (Phi) is 6.38. The number of hydrogen-bond acceptors (Lipinski definition) is 3. The maximum atomic E-state index is 10.5. The van der Waals surface area contributed by atoms with Crippen LogP contribution in [-0.2, 0) is 8.98 Å². The summed E-state index contributed by atoms with van der Waals surface area (Å²) in [6.45, 7) is 3.71. The fourth-order valence-corrected chi connectivity index (χ4v) is 0.883. The summed E-state index contributed by atoms with van der Waals surface area (Å²) in [5.74, 6) is 0.580. The van der Waals surface area contributed by atoms with Crippen LogP contribution in [-0.4, -0.2) is 11.7 Å². The van der Waals surface area contributed by atoms with Gasteiger partial charge in [-0.15, -0.1) is 0 Å². The maximum Gasteiger partial charge on any atom is 0.317 e. The molecule has 0 amide bonds. The SMILES string of the molecule is CC=CCSOC(=O)CC. The monoisotopic (exact) mass is 160 g/mol. The predicted molar refractivity (Wildman–Crippen MR) is 43.7 cm³/mol. The molecule has 0 aromatic heterocycles. The molecule has 10 heavy (non-hydrogen) atoms. The topological polar surface area (TPSA) is 26.3 Å². The zero-order chi connectivity index (χ0) is 7.82. The number of rotatable bonds is 4. The summed E-state index contributed by atoms with van der Waals surface area (Å²) < 4.78 is 4.72. The van der Waals surface area contributed by atoms with Crippen molar-refractivity contribution in [3.05, 3.63) is 12.2 Å². The van der Waals surface area contributed by atoms with Crippen molar-refractivity contribution in [2.75, 3.05) is 5.75 Å². The Hall–Kier alpha value is -0.440. The maximum absolute atomic E-state index is 10.5. The second kappa shape index (κ2) is 6.68. The molecule has 58 valence electrons. The molecule has 3 heteroatoms. The van der Waals surface area contributed by atoms with Crippen LogP contribution in [0.4, 0.5) is 0 Å². The van der Waals surface area contributed by atoms with Crippen molar-refractivity contribution in [2.45, 2.75) is 20.3 Å². The quantitative estimate of drug-likeness (QED) is 0.358.